The minimum atomic E-state index is 0.400. The van der Waals surface area contributed by atoms with Crippen LogP contribution in [0.15, 0.2) is 12.4 Å². The number of nitrogens with two attached hydrogens (primary N) is 1. The number of hydrogen-bond donors (Lipinski definition) is 1. The molecule has 0 saturated heterocycles. The highest BCUT2D eigenvalue weighted by Gasteiger charge is 2.22. The fraction of sp³-hybridized carbons (Fsp3) is 0.667. The van der Waals surface area contributed by atoms with E-state index in [9.17, 15) is 0 Å². The van der Waals surface area contributed by atoms with Crippen LogP contribution < -0.4 is 10.6 Å². The Balaban J connectivity index is 2.04. The van der Waals surface area contributed by atoms with Gasteiger partial charge in [0.05, 0.1) is 0 Å². The molecular formula is C12H20N4. The largest absolute Gasteiger partial charge is 0.357 e. The van der Waals surface area contributed by atoms with Crippen molar-refractivity contribution in [3.8, 4) is 0 Å². The second-order valence-electron chi connectivity index (χ2n) is 4.70. The molecule has 0 radical (unpaired) electrons. The van der Waals surface area contributed by atoms with E-state index in [0.717, 1.165) is 24.4 Å². The third-order valence-corrected chi connectivity index (χ3v) is 3.44. The maximum absolute atomic E-state index is 5.92. The van der Waals surface area contributed by atoms with E-state index in [4.69, 9.17) is 5.73 Å². The SMILES string of the molecule is Cc1cc(N(C)C2CCC(N)CC2)ncn1. The fourth-order valence-electron chi connectivity index (χ4n) is 2.31. The zero-order chi connectivity index (χ0) is 11.5. The molecule has 1 heterocycles. The highest BCUT2D eigenvalue weighted by atomic mass is 15.2. The van der Waals surface area contributed by atoms with Crippen LogP contribution in [0.1, 0.15) is 31.4 Å². The molecule has 1 aromatic heterocycles. The number of aryl methyl sites for hydroxylation is 1. The van der Waals surface area contributed by atoms with Gasteiger partial charge in [-0.1, -0.05) is 0 Å². The molecule has 1 saturated carbocycles. The second-order valence-corrected chi connectivity index (χ2v) is 4.70. The molecule has 88 valence electrons. The van der Waals surface area contributed by atoms with Gasteiger partial charge in [-0.25, -0.2) is 9.97 Å². The predicted octanol–water partition coefficient (Wildman–Crippen LogP) is 1.49. The zero-order valence-electron chi connectivity index (χ0n) is 10.1. The third kappa shape index (κ3) is 2.50. The summed E-state index contributed by atoms with van der Waals surface area (Å²) in [7, 11) is 2.11. The molecule has 0 atom stereocenters. The molecule has 2 N–H and O–H groups in total. The smallest absolute Gasteiger partial charge is 0.132 e. The Hall–Kier alpha value is -1.16. The number of hydrogen-bond acceptors (Lipinski definition) is 4. The number of nitrogens with zero attached hydrogens (tertiary/aromatic N) is 3. The first kappa shape index (κ1) is 11.3. The van der Waals surface area contributed by atoms with Crippen LogP contribution in [0.5, 0.6) is 0 Å². The zero-order valence-corrected chi connectivity index (χ0v) is 10.1. The third-order valence-electron chi connectivity index (χ3n) is 3.44. The highest BCUT2D eigenvalue weighted by molar-refractivity contribution is 5.38. The maximum Gasteiger partial charge on any atom is 0.132 e. The lowest BCUT2D eigenvalue weighted by molar-refractivity contribution is 0.383. The Morgan fingerprint density at radius 1 is 1.25 bits per heavy atom. The van der Waals surface area contributed by atoms with E-state index in [0.29, 0.717) is 12.1 Å². The quantitative estimate of drug-likeness (QED) is 0.820. The number of rotatable bonds is 2. The molecule has 4 nitrogen and oxygen atoms in total. The Morgan fingerprint density at radius 2 is 1.94 bits per heavy atom. The lowest BCUT2D eigenvalue weighted by Gasteiger charge is -2.34. The standard InChI is InChI=1S/C12H20N4/c1-9-7-12(15-8-14-9)16(2)11-5-3-10(13)4-6-11/h7-8,10-11H,3-6,13H2,1-2H3. The summed E-state index contributed by atoms with van der Waals surface area (Å²) in [5, 5.41) is 0. The number of aromatic nitrogens is 2. The molecule has 0 spiro atoms. The summed E-state index contributed by atoms with van der Waals surface area (Å²) in [5.41, 5.74) is 6.93. The lowest BCUT2D eigenvalue weighted by Crippen LogP contribution is -2.39. The van der Waals surface area contributed by atoms with Crippen LogP contribution in [0.2, 0.25) is 0 Å². The van der Waals surface area contributed by atoms with Crippen molar-refractivity contribution in [3.05, 3.63) is 18.1 Å². The van der Waals surface area contributed by atoms with Crippen LogP contribution in [0.4, 0.5) is 5.82 Å². The molecule has 1 aliphatic carbocycles. The van der Waals surface area contributed by atoms with E-state index in [1.807, 2.05) is 13.0 Å². The van der Waals surface area contributed by atoms with E-state index >= 15 is 0 Å². The molecule has 0 bridgehead atoms. The Morgan fingerprint density at radius 3 is 2.56 bits per heavy atom. The van der Waals surface area contributed by atoms with Gasteiger partial charge in [-0.3, -0.25) is 0 Å². The Bertz CT molecular complexity index is 345. The van der Waals surface area contributed by atoms with E-state index < -0.39 is 0 Å². The summed E-state index contributed by atoms with van der Waals surface area (Å²) < 4.78 is 0. The van der Waals surface area contributed by atoms with Crippen molar-refractivity contribution >= 4 is 5.82 Å². The summed E-state index contributed by atoms with van der Waals surface area (Å²) in [6.07, 6.45) is 6.22. The average Bonchev–Trinajstić information content (AvgIpc) is 2.29. The molecule has 1 aliphatic rings. The molecule has 16 heavy (non-hydrogen) atoms. The van der Waals surface area contributed by atoms with Crippen LogP contribution in [-0.4, -0.2) is 29.1 Å². The molecular weight excluding hydrogens is 200 g/mol. The van der Waals surface area contributed by atoms with Crippen molar-refractivity contribution in [2.75, 3.05) is 11.9 Å². The summed E-state index contributed by atoms with van der Waals surface area (Å²) in [6, 6.07) is 3.01. The minimum Gasteiger partial charge on any atom is -0.357 e. The van der Waals surface area contributed by atoms with Gasteiger partial charge in [-0.15, -0.1) is 0 Å². The van der Waals surface area contributed by atoms with E-state index in [1.165, 1.54) is 12.8 Å². The first-order chi connectivity index (χ1) is 7.66. The highest BCUT2D eigenvalue weighted by Crippen LogP contribution is 2.24. The molecule has 2 rings (SSSR count). The van der Waals surface area contributed by atoms with Crippen molar-refractivity contribution in [2.24, 2.45) is 5.73 Å². The van der Waals surface area contributed by atoms with Gasteiger partial charge >= 0.3 is 0 Å². The normalized spacial score (nSPS) is 25.4. The first-order valence-corrected chi connectivity index (χ1v) is 5.94. The molecule has 0 aliphatic heterocycles. The summed E-state index contributed by atoms with van der Waals surface area (Å²) in [6.45, 7) is 2.00. The van der Waals surface area contributed by atoms with Crippen LogP contribution >= 0.6 is 0 Å². The Kier molecular flexibility index (Phi) is 3.39. The molecule has 0 unspecified atom stereocenters. The van der Waals surface area contributed by atoms with Gasteiger partial charge in [-0.05, 0) is 32.6 Å². The van der Waals surface area contributed by atoms with Gasteiger partial charge in [0.25, 0.3) is 0 Å². The van der Waals surface area contributed by atoms with Gasteiger partial charge < -0.3 is 10.6 Å². The monoisotopic (exact) mass is 220 g/mol. The van der Waals surface area contributed by atoms with Crippen molar-refractivity contribution in [1.29, 1.82) is 0 Å². The molecule has 1 aromatic rings. The summed E-state index contributed by atoms with van der Waals surface area (Å²) in [5.74, 6) is 1.02. The number of anilines is 1. The van der Waals surface area contributed by atoms with Crippen molar-refractivity contribution < 1.29 is 0 Å². The van der Waals surface area contributed by atoms with Gasteiger partial charge in [0.15, 0.2) is 0 Å². The summed E-state index contributed by atoms with van der Waals surface area (Å²) in [4.78, 5) is 10.7. The van der Waals surface area contributed by atoms with E-state index in [1.54, 1.807) is 6.33 Å². The lowest BCUT2D eigenvalue weighted by atomic mass is 9.91. The topological polar surface area (TPSA) is 55.0 Å². The van der Waals surface area contributed by atoms with Gasteiger partial charge in [0.1, 0.15) is 12.1 Å². The molecule has 0 aromatic carbocycles. The predicted molar refractivity (Wildman–Crippen MR) is 65.4 cm³/mol. The molecule has 1 fully saturated rings. The van der Waals surface area contributed by atoms with Gasteiger partial charge in [-0.2, -0.15) is 0 Å². The van der Waals surface area contributed by atoms with E-state index in [-0.39, 0.29) is 0 Å². The van der Waals surface area contributed by atoms with E-state index in [2.05, 4.69) is 21.9 Å². The molecule has 0 amide bonds. The van der Waals surface area contributed by atoms with Crippen LogP contribution in [0, 0.1) is 6.92 Å². The van der Waals surface area contributed by atoms with Gasteiger partial charge in [0.2, 0.25) is 0 Å². The van der Waals surface area contributed by atoms with Crippen LogP contribution in [0.25, 0.3) is 0 Å². The van der Waals surface area contributed by atoms with Crippen molar-refractivity contribution in [1.82, 2.24) is 9.97 Å². The van der Waals surface area contributed by atoms with Crippen LogP contribution in [-0.2, 0) is 0 Å². The van der Waals surface area contributed by atoms with Crippen LogP contribution in [0.3, 0.4) is 0 Å². The van der Waals surface area contributed by atoms with Crippen molar-refractivity contribution in [2.45, 2.75) is 44.7 Å². The maximum atomic E-state index is 5.92. The molecule has 4 heteroatoms. The van der Waals surface area contributed by atoms with Gasteiger partial charge in [0, 0.05) is 30.9 Å². The average molecular weight is 220 g/mol. The minimum absolute atomic E-state index is 0.400. The second kappa shape index (κ2) is 4.78. The first-order valence-electron chi connectivity index (χ1n) is 5.94. The Labute approximate surface area is 96.9 Å². The van der Waals surface area contributed by atoms with Crippen molar-refractivity contribution in [3.63, 3.8) is 0 Å². The fourth-order valence-corrected chi connectivity index (χ4v) is 2.31. The summed E-state index contributed by atoms with van der Waals surface area (Å²) >= 11 is 0.